The van der Waals surface area contributed by atoms with Gasteiger partial charge in [-0.05, 0) is 75.0 Å². The van der Waals surface area contributed by atoms with Crippen LogP contribution in [0.15, 0.2) is 56.4 Å². The number of benzene rings is 2. The maximum absolute atomic E-state index is 8.02. The molecule has 2 aromatic carbocycles. The fourth-order valence-corrected chi connectivity index (χ4v) is 3.43. The van der Waals surface area contributed by atoms with E-state index >= 15 is 0 Å². The smallest absolute Gasteiger partial charge is 0.206 e. The molecule has 0 atom stereocenters. The van der Waals surface area contributed by atoms with Gasteiger partial charge in [0.15, 0.2) is 18.1 Å². The van der Waals surface area contributed by atoms with Crippen molar-refractivity contribution in [3.63, 3.8) is 0 Å². The van der Waals surface area contributed by atoms with Gasteiger partial charge < -0.3 is 27.8 Å². The number of thioether (sulfide) groups is 1. The first-order valence-corrected chi connectivity index (χ1v) is 16.3. The molecule has 0 saturated heterocycles. The zero-order valence-corrected chi connectivity index (χ0v) is 33.9. The molecule has 0 radical (unpaired) electrons. The Hall–Kier alpha value is -2.89. The molecular weight excluding hydrogens is 775 g/mol. The topological polar surface area (TPSA) is 223 Å². The monoisotopic (exact) mass is 819 g/mol. The van der Waals surface area contributed by atoms with Crippen LogP contribution in [-0.4, -0.2) is 77.5 Å². The van der Waals surface area contributed by atoms with Gasteiger partial charge >= 0.3 is 0 Å². The number of halogens is 6. The molecule has 0 aliphatic carbocycles. The summed E-state index contributed by atoms with van der Waals surface area (Å²) >= 11 is 24.7. The Morgan fingerprint density at radius 2 is 1.31 bits per heavy atom. The van der Waals surface area contributed by atoms with Crippen LogP contribution in [0.5, 0.6) is 0 Å². The highest BCUT2D eigenvalue weighted by Gasteiger charge is 2.00. The number of aliphatic imine (C=N–C) groups is 4. The van der Waals surface area contributed by atoms with Crippen molar-refractivity contribution in [3.8, 4) is 12.4 Å². The van der Waals surface area contributed by atoms with Crippen LogP contribution < -0.4 is 38.5 Å². The second-order valence-electron chi connectivity index (χ2n) is 7.99. The molecule has 0 bridgehead atoms. The zero-order chi connectivity index (χ0) is 36.6. The molecule has 2 rings (SSSR count). The quantitative estimate of drug-likeness (QED) is 0.0918. The normalized spacial score (nSPS) is 10.3. The third-order valence-corrected chi connectivity index (χ3v) is 7.09. The molecule has 10 N–H and O–H groups in total. The van der Waals surface area contributed by atoms with Crippen LogP contribution in [-0.2, 0) is 12.8 Å². The number of nitriles is 2. The minimum atomic E-state index is 0. The summed E-state index contributed by atoms with van der Waals surface area (Å²) in [5.74, 6) is 1.36. The first-order chi connectivity index (χ1) is 22.5. The number of hydrogen-bond acceptors (Lipinski definition) is 9. The molecule has 13 nitrogen and oxygen atoms in total. The molecule has 2 aromatic rings. The Labute approximate surface area is 327 Å². The molecule has 0 unspecified atom stereocenters. The van der Waals surface area contributed by atoms with E-state index in [-0.39, 0.29) is 24.8 Å². The lowest BCUT2D eigenvalue weighted by Crippen LogP contribution is -2.43. The van der Waals surface area contributed by atoms with Crippen molar-refractivity contribution in [3.05, 3.63) is 67.6 Å². The Morgan fingerprint density at radius 3 is 1.61 bits per heavy atom. The van der Waals surface area contributed by atoms with Gasteiger partial charge in [0.2, 0.25) is 12.2 Å². The fraction of sp³-hybridized carbons (Fsp3) is 0.379. The molecule has 0 fully saturated rings. The van der Waals surface area contributed by atoms with Crippen LogP contribution >= 0.6 is 83.0 Å². The molecule has 0 aliphatic rings. The predicted octanol–water partition coefficient (Wildman–Crippen LogP) is 5.07. The molecule has 49 heavy (non-hydrogen) atoms. The molecular formula is C29H47Cl6N13S. The number of hydrogen-bond donors (Lipinski definition) is 7. The molecule has 0 amide bonds. The van der Waals surface area contributed by atoms with Crippen LogP contribution in [0.25, 0.3) is 0 Å². The summed E-state index contributed by atoms with van der Waals surface area (Å²) in [5, 5.41) is 29.7. The summed E-state index contributed by atoms with van der Waals surface area (Å²) < 4.78 is 0. The first kappa shape index (κ1) is 55.5. The van der Waals surface area contributed by atoms with Crippen molar-refractivity contribution >= 4 is 106 Å². The van der Waals surface area contributed by atoms with Crippen molar-refractivity contribution in [2.75, 3.05) is 54.6 Å². The van der Waals surface area contributed by atoms with Crippen molar-refractivity contribution in [2.45, 2.75) is 19.8 Å². The molecule has 20 heteroatoms. The van der Waals surface area contributed by atoms with E-state index in [1.165, 1.54) is 18.8 Å². The van der Waals surface area contributed by atoms with Gasteiger partial charge in [0.05, 0.1) is 25.1 Å². The van der Waals surface area contributed by atoms with Crippen LogP contribution in [0, 0.1) is 22.9 Å². The van der Waals surface area contributed by atoms with Gasteiger partial charge in [-0.15, -0.1) is 36.6 Å². The zero-order valence-electron chi connectivity index (χ0n) is 28.4. The van der Waals surface area contributed by atoms with E-state index in [1.54, 1.807) is 59.6 Å². The first-order valence-electron chi connectivity index (χ1n) is 13.6. The van der Waals surface area contributed by atoms with Crippen molar-refractivity contribution in [1.82, 2.24) is 21.3 Å². The van der Waals surface area contributed by atoms with Gasteiger partial charge in [-0.3, -0.25) is 25.6 Å². The summed E-state index contributed by atoms with van der Waals surface area (Å²) in [4.78, 5) is 15.2. The summed E-state index contributed by atoms with van der Waals surface area (Å²) in [7, 11) is 8.18. The average Bonchev–Trinajstić information content (AvgIpc) is 3.07. The number of guanidine groups is 3. The van der Waals surface area contributed by atoms with Crippen molar-refractivity contribution in [1.29, 1.82) is 10.5 Å². The van der Waals surface area contributed by atoms with E-state index in [4.69, 9.17) is 68.4 Å². The SMILES string of the molecule is CN.CN=C(NC)NC#N.CN=C(NC)NC(N)=NCCc1ccc(Cl)c(Cl)c1.CSC(C)=NC#N.Cl.Cl.NCCc1ccc(Cl)c(Cl)c1. The van der Waals surface area contributed by atoms with Gasteiger partial charge in [0.25, 0.3) is 0 Å². The summed E-state index contributed by atoms with van der Waals surface area (Å²) in [5.41, 5.74) is 17.8. The average molecular weight is 823 g/mol. The lowest BCUT2D eigenvalue weighted by Gasteiger charge is -2.07. The lowest BCUT2D eigenvalue weighted by molar-refractivity contribution is 0.950. The summed E-state index contributed by atoms with van der Waals surface area (Å²) in [6.45, 7) is 2.99. The van der Waals surface area contributed by atoms with E-state index in [9.17, 15) is 0 Å². The van der Waals surface area contributed by atoms with Crippen LogP contribution in [0.4, 0.5) is 0 Å². The maximum atomic E-state index is 8.02. The van der Waals surface area contributed by atoms with E-state index in [0.717, 1.165) is 29.0 Å². The predicted molar refractivity (Wildman–Crippen MR) is 219 cm³/mol. The Balaban J connectivity index is -0.000000184. The third-order valence-electron chi connectivity index (χ3n) is 4.93. The molecule has 276 valence electrons. The second kappa shape index (κ2) is 37.9. The van der Waals surface area contributed by atoms with Gasteiger partial charge in [-0.1, -0.05) is 58.5 Å². The Kier molecular flexibility index (Phi) is 43.0. The fourth-order valence-electron chi connectivity index (χ4n) is 2.65. The second-order valence-corrected chi connectivity index (χ2v) is 10.6. The van der Waals surface area contributed by atoms with Crippen molar-refractivity contribution in [2.24, 2.45) is 37.2 Å². The largest absolute Gasteiger partial charge is 0.370 e. The van der Waals surface area contributed by atoms with Gasteiger partial charge in [0, 0.05) is 34.7 Å². The van der Waals surface area contributed by atoms with Crippen LogP contribution in [0.2, 0.25) is 20.1 Å². The van der Waals surface area contributed by atoms with E-state index in [2.05, 4.69) is 47.0 Å². The van der Waals surface area contributed by atoms with E-state index in [0.29, 0.717) is 51.1 Å². The molecule has 0 heterocycles. The van der Waals surface area contributed by atoms with Gasteiger partial charge in [0.1, 0.15) is 0 Å². The standard InChI is InChI=1S/C12H17Cl2N5.C8H9Cl2N.C4H8N4.C4H6N2S.CH5N.2ClH/c1-16-12(17-2)19-11(15)18-6-5-8-3-4-9(13)10(14)7-8;9-7-2-1-6(3-4-11)5-8(7)10;1-6-4(7-2)8-3-5;1-4(7-2)6-3-5;1-2;;/h3-4,7H,5-6H2,1-2H3,(H4,15,16,17,18,19);1-2,5H,3-4,11H2;1-2H3,(H2,6,7,8);1-2H3;2H2,1H3;2*1H. The highest BCUT2D eigenvalue weighted by atomic mass is 35.5. The minimum Gasteiger partial charge on any atom is -0.370 e. The van der Waals surface area contributed by atoms with Crippen LogP contribution in [0.3, 0.4) is 0 Å². The maximum Gasteiger partial charge on any atom is 0.206 e. The van der Waals surface area contributed by atoms with E-state index in [1.807, 2.05) is 30.5 Å². The third kappa shape index (κ3) is 30.9. The Morgan fingerprint density at radius 1 is 0.837 bits per heavy atom. The number of nitrogens with zero attached hydrogens (tertiary/aromatic N) is 6. The number of nitrogens with one attached hydrogen (secondary N) is 4. The molecule has 0 aromatic heterocycles. The Bertz CT molecular complexity index is 1360. The van der Waals surface area contributed by atoms with E-state index < -0.39 is 0 Å². The van der Waals surface area contributed by atoms with Crippen LogP contribution in [0.1, 0.15) is 18.1 Å². The molecule has 0 aliphatic heterocycles. The van der Waals surface area contributed by atoms with Crippen molar-refractivity contribution < 1.29 is 0 Å². The summed E-state index contributed by atoms with van der Waals surface area (Å²) in [6.07, 6.45) is 6.87. The molecule has 0 spiro atoms. The molecule has 0 saturated carbocycles. The van der Waals surface area contributed by atoms with Gasteiger partial charge in [-0.25, -0.2) is 0 Å². The number of rotatable bonds is 5. The minimum absolute atomic E-state index is 0. The lowest BCUT2D eigenvalue weighted by atomic mass is 10.1. The highest BCUT2D eigenvalue weighted by molar-refractivity contribution is 8.13. The summed E-state index contributed by atoms with van der Waals surface area (Å²) in [6, 6.07) is 11.1. The number of nitrogens with two attached hydrogens (primary N) is 3. The highest BCUT2D eigenvalue weighted by Crippen LogP contribution is 2.23. The van der Waals surface area contributed by atoms with Gasteiger partial charge in [-0.2, -0.15) is 15.5 Å².